The molecule has 0 saturated heterocycles. The Bertz CT molecular complexity index is 133. The second-order valence-corrected chi connectivity index (χ2v) is 3.18. The van der Waals surface area contributed by atoms with Crippen LogP contribution < -0.4 is 0 Å². The first kappa shape index (κ1) is 5.52. The third-order valence-electron chi connectivity index (χ3n) is 2.57. The Hall–Kier alpha value is -0.260. The molecule has 1 radical (unpaired) electrons. The van der Waals surface area contributed by atoms with E-state index in [-0.39, 0.29) is 0 Å². The van der Waals surface area contributed by atoms with E-state index in [1.807, 2.05) is 0 Å². The highest BCUT2D eigenvalue weighted by Crippen LogP contribution is 2.37. The first-order valence-electron chi connectivity index (χ1n) is 4.06. The highest BCUT2D eigenvalue weighted by molar-refractivity contribution is 5.09. The highest BCUT2D eigenvalue weighted by atomic mass is 14.3. The zero-order chi connectivity index (χ0) is 6.10. The fourth-order valence-electron chi connectivity index (χ4n) is 2.07. The van der Waals surface area contributed by atoms with Crippen LogP contribution in [0.4, 0.5) is 0 Å². The van der Waals surface area contributed by atoms with Crippen molar-refractivity contribution in [2.75, 3.05) is 0 Å². The van der Waals surface area contributed by atoms with Crippen LogP contribution >= 0.6 is 0 Å². The highest BCUT2D eigenvalue weighted by Gasteiger charge is 2.22. The van der Waals surface area contributed by atoms with E-state index in [0.29, 0.717) is 0 Å². The largest absolute Gasteiger partial charge is 0.0636 e. The quantitative estimate of drug-likeness (QED) is 0.462. The van der Waals surface area contributed by atoms with Gasteiger partial charge in [-0.2, -0.15) is 0 Å². The molecule has 1 saturated carbocycles. The molecule has 1 atom stereocenters. The molecule has 2 rings (SSSR count). The molecule has 0 aromatic rings. The molecular weight excluding hydrogens is 108 g/mol. The molecule has 0 spiro atoms. The van der Waals surface area contributed by atoms with E-state index in [4.69, 9.17) is 0 Å². The molecule has 2 aliphatic carbocycles. The Labute approximate surface area is 57.0 Å². The summed E-state index contributed by atoms with van der Waals surface area (Å²) in [5.41, 5.74) is 1.67. The van der Waals surface area contributed by atoms with Gasteiger partial charge in [-0.25, -0.2) is 0 Å². The van der Waals surface area contributed by atoms with Crippen molar-refractivity contribution in [2.45, 2.75) is 38.5 Å². The number of rotatable bonds is 0. The van der Waals surface area contributed by atoms with Crippen molar-refractivity contribution in [3.63, 3.8) is 0 Å². The number of fused-ring (bicyclic) bond motifs is 1. The van der Waals surface area contributed by atoms with Crippen molar-refractivity contribution in [1.82, 2.24) is 0 Å². The van der Waals surface area contributed by atoms with Crippen LogP contribution in [0, 0.1) is 12.0 Å². The second-order valence-electron chi connectivity index (χ2n) is 3.18. The maximum atomic E-state index is 3.50. The van der Waals surface area contributed by atoms with E-state index in [9.17, 15) is 0 Å². The molecular formula is C9H13. The van der Waals surface area contributed by atoms with E-state index >= 15 is 0 Å². The summed E-state index contributed by atoms with van der Waals surface area (Å²) < 4.78 is 0. The zero-order valence-corrected chi connectivity index (χ0v) is 5.82. The minimum Gasteiger partial charge on any atom is -0.0636 e. The lowest BCUT2D eigenvalue weighted by Crippen LogP contribution is -2.01. The smallest absolute Gasteiger partial charge is 0.0197 e. The van der Waals surface area contributed by atoms with Crippen LogP contribution in [0.5, 0.6) is 0 Å². The van der Waals surface area contributed by atoms with Gasteiger partial charge in [0.15, 0.2) is 0 Å². The molecule has 1 unspecified atom stereocenters. The fourth-order valence-corrected chi connectivity index (χ4v) is 2.07. The molecule has 0 bridgehead atoms. The predicted molar refractivity (Wildman–Crippen MR) is 37.9 cm³/mol. The molecule has 0 amide bonds. The normalized spacial score (nSPS) is 33.8. The van der Waals surface area contributed by atoms with Gasteiger partial charge in [0.05, 0.1) is 0 Å². The van der Waals surface area contributed by atoms with Gasteiger partial charge in [0.1, 0.15) is 0 Å². The van der Waals surface area contributed by atoms with E-state index in [1.165, 1.54) is 38.5 Å². The molecule has 0 aromatic carbocycles. The molecule has 1 fully saturated rings. The van der Waals surface area contributed by atoms with E-state index in [1.54, 1.807) is 5.57 Å². The second kappa shape index (κ2) is 2.17. The van der Waals surface area contributed by atoms with Gasteiger partial charge in [0.25, 0.3) is 0 Å². The molecule has 0 N–H and O–H groups in total. The van der Waals surface area contributed by atoms with E-state index in [2.05, 4.69) is 6.08 Å². The first-order chi connectivity index (χ1) is 4.47. The molecule has 2 aliphatic rings. The predicted octanol–water partition coefficient (Wildman–Crippen LogP) is 2.70. The Morgan fingerprint density at radius 2 is 2.11 bits per heavy atom. The van der Waals surface area contributed by atoms with Crippen LogP contribution in [-0.4, -0.2) is 0 Å². The van der Waals surface area contributed by atoms with Crippen LogP contribution in [-0.2, 0) is 0 Å². The third kappa shape index (κ3) is 0.910. The average Bonchev–Trinajstić information content (AvgIpc) is 2.33. The van der Waals surface area contributed by atoms with Crippen LogP contribution in [0.1, 0.15) is 38.5 Å². The van der Waals surface area contributed by atoms with Crippen molar-refractivity contribution in [1.29, 1.82) is 0 Å². The summed E-state index contributed by atoms with van der Waals surface area (Å²) in [6.45, 7) is 0. The lowest BCUT2D eigenvalue weighted by atomic mass is 9.90. The average molecular weight is 121 g/mol. The molecule has 0 nitrogen and oxygen atoms in total. The monoisotopic (exact) mass is 121 g/mol. The van der Waals surface area contributed by atoms with Gasteiger partial charge in [-0.3, -0.25) is 0 Å². The summed E-state index contributed by atoms with van der Waals surface area (Å²) in [4.78, 5) is 0. The van der Waals surface area contributed by atoms with Crippen molar-refractivity contribution < 1.29 is 0 Å². The fraction of sp³-hybridized carbons (Fsp3) is 0.778. The maximum absolute atomic E-state index is 3.50. The lowest BCUT2D eigenvalue weighted by molar-refractivity contribution is 0.520. The third-order valence-corrected chi connectivity index (χ3v) is 2.57. The summed E-state index contributed by atoms with van der Waals surface area (Å²) in [6.07, 6.45) is 11.9. The summed E-state index contributed by atoms with van der Waals surface area (Å²) in [5.74, 6) is 0.971. The Balaban J connectivity index is 2.16. The van der Waals surface area contributed by atoms with Gasteiger partial charge in [0.2, 0.25) is 0 Å². The summed E-state index contributed by atoms with van der Waals surface area (Å²) >= 11 is 0. The van der Waals surface area contributed by atoms with E-state index in [0.717, 1.165) is 5.92 Å². The number of hydrogen-bond acceptors (Lipinski definition) is 0. The molecule has 0 aliphatic heterocycles. The van der Waals surface area contributed by atoms with Crippen LogP contribution in [0.3, 0.4) is 0 Å². The Morgan fingerprint density at radius 3 is 3.00 bits per heavy atom. The zero-order valence-electron chi connectivity index (χ0n) is 5.82. The SMILES string of the molecule is [C]1=C2CCCC2CCC1. The maximum Gasteiger partial charge on any atom is -0.0197 e. The number of allylic oxidation sites excluding steroid dienone is 2. The molecule has 0 heteroatoms. The van der Waals surface area contributed by atoms with Crippen molar-refractivity contribution in [2.24, 2.45) is 5.92 Å². The van der Waals surface area contributed by atoms with Gasteiger partial charge < -0.3 is 0 Å². The molecule has 9 heavy (non-hydrogen) atoms. The van der Waals surface area contributed by atoms with Gasteiger partial charge in [-0.1, -0.05) is 5.57 Å². The molecule has 49 valence electrons. The Kier molecular flexibility index (Phi) is 1.33. The van der Waals surface area contributed by atoms with Crippen LogP contribution in [0.15, 0.2) is 5.57 Å². The molecule has 0 aromatic heterocycles. The summed E-state index contributed by atoms with van der Waals surface area (Å²) in [7, 11) is 0. The lowest BCUT2D eigenvalue weighted by Gasteiger charge is -2.15. The van der Waals surface area contributed by atoms with Crippen molar-refractivity contribution in [3.8, 4) is 0 Å². The first-order valence-corrected chi connectivity index (χ1v) is 4.06. The van der Waals surface area contributed by atoms with Gasteiger partial charge in [-0.15, -0.1) is 0 Å². The summed E-state index contributed by atoms with van der Waals surface area (Å²) in [5, 5.41) is 0. The number of hydrogen-bond donors (Lipinski definition) is 0. The van der Waals surface area contributed by atoms with Gasteiger partial charge >= 0.3 is 0 Å². The van der Waals surface area contributed by atoms with Crippen LogP contribution in [0.25, 0.3) is 0 Å². The van der Waals surface area contributed by atoms with E-state index < -0.39 is 0 Å². The minimum absolute atomic E-state index is 0.971. The van der Waals surface area contributed by atoms with Crippen molar-refractivity contribution >= 4 is 0 Å². The van der Waals surface area contributed by atoms with Gasteiger partial charge in [0, 0.05) is 0 Å². The minimum atomic E-state index is 0.971. The topological polar surface area (TPSA) is 0 Å². The molecule has 0 heterocycles. The van der Waals surface area contributed by atoms with Crippen LogP contribution in [0.2, 0.25) is 0 Å². The standard InChI is InChI=1S/C9H13/c1-2-5-9-7-3-6-8(9)4-1/h8H,1-4,6-7H2. The summed E-state index contributed by atoms with van der Waals surface area (Å²) in [6, 6.07) is 0. The van der Waals surface area contributed by atoms with Gasteiger partial charge in [-0.05, 0) is 50.5 Å². The van der Waals surface area contributed by atoms with Crippen molar-refractivity contribution in [3.05, 3.63) is 11.6 Å². The Morgan fingerprint density at radius 1 is 1.22 bits per heavy atom.